The molecule has 1 atom stereocenters. The van der Waals surface area contributed by atoms with Crippen LogP contribution in [0.5, 0.6) is 5.75 Å². The van der Waals surface area contributed by atoms with Gasteiger partial charge in [-0.1, -0.05) is 12.1 Å². The lowest BCUT2D eigenvalue weighted by molar-refractivity contribution is -0.132. The Hall–Kier alpha value is -2.50. The largest absolute Gasteiger partial charge is 0.501 e. The first-order chi connectivity index (χ1) is 9.38. The van der Waals surface area contributed by atoms with Gasteiger partial charge in [0.15, 0.2) is 5.60 Å². The monoisotopic (exact) mass is 277 g/mol. The van der Waals surface area contributed by atoms with Gasteiger partial charge >= 0.3 is 0 Å². The molecule has 6 nitrogen and oxygen atoms in total. The highest BCUT2D eigenvalue weighted by molar-refractivity contribution is 6.03. The van der Waals surface area contributed by atoms with Gasteiger partial charge in [0.05, 0.1) is 7.11 Å². The van der Waals surface area contributed by atoms with Gasteiger partial charge in [-0.3, -0.25) is 14.9 Å². The lowest BCUT2D eigenvalue weighted by Gasteiger charge is -2.23. The summed E-state index contributed by atoms with van der Waals surface area (Å²) in [7, 11) is 1.54. The first-order valence-corrected chi connectivity index (χ1v) is 5.97. The smallest absolute Gasteiger partial charge is 0.250 e. The second-order valence-electron chi connectivity index (χ2n) is 4.55. The van der Waals surface area contributed by atoms with E-state index < -0.39 is 23.1 Å². The molecule has 0 fully saturated rings. The molecule has 0 aromatic heterocycles. The molecule has 0 saturated heterocycles. The first kappa shape index (κ1) is 13.9. The number of rotatable bonds is 3. The molecule has 1 unspecified atom stereocenters. The third-order valence-electron chi connectivity index (χ3n) is 3.10. The average Bonchev–Trinajstić information content (AvgIpc) is 2.64. The van der Waals surface area contributed by atoms with Crippen molar-refractivity contribution in [3.8, 4) is 5.75 Å². The molecule has 1 amide bonds. The third kappa shape index (κ3) is 2.20. The van der Waals surface area contributed by atoms with Crippen LogP contribution in [0.15, 0.2) is 35.9 Å². The van der Waals surface area contributed by atoms with E-state index in [1.807, 2.05) is 0 Å². The number of hydrogen-bond donors (Lipinski definition) is 2. The second-order valence-corrected chi connectivity index (χ2v) is 4.55. The number of carbonyl (C=O) groups excluding carboxylic acids is 2. The molecule has 1 heterocycles. The zero-order chi connectivity index (χ0) is 14.9. The van der Waals surface area contributed by atoms with Crippen molar-refractivity contribution >= 4 is 11.7 Å². The van der Waals surface area contributed by atoms with Crippen molar-refractivity contribution in [2.24, 2.45) is 0 Å². The number of Topliss-reactive ketones (excluding diaryl/α,β-unsaturated/α-hetero) is 1. The fraction of sp³-hybridized carbons (Fsp3) is 0.286. The summed E-state index contributed by atoms with van der Waals surface area (Å²) >= 11 is 0. The fourth-order valence-corrected chi connectivity index (χ4v) is 1.97. The Morgan fingerprint density at radius 3 is 2.45 bits per heavy atom. The SMILES string of the molecule is COc1ccc(C2(C)OC(NC(C)=O)=C(O)C2=O)cc1. The molecule has 106 valence electrons. The number of hydrogen-bond acceptors (Lipinski definition) is 5. The van der Waals surface area contributed by atoms with Crippen LogP contribution in [0.1, 0.15) is 19.4 Å². The zero-order valence-electron chi connectivity index (χ0n) is 11.4. The Bertz CT molecular complexity index is 590. The number of benzene rings is 1. The van der Waals surface area contributed by atoms with Gasteiger partial charge < -0.3 is 14.6 Å². The summed E-state index contributed by atoms with van der Waals surface area (Å²) in [4.78, 5) is 23.2. The summed E-state index contributed by atoms with van der Waals surface area (Å²) < 4.78 is 10.5. The van der Waals surface area contributed by atoms with E-state index in [0.717, 1.165) is 0 Å². The lowest BCUT2D eigenvalue weighted by Crippen LogP contribution is -2.32. The van der Waals surface area contributed by atoms with Crippen molar-refractivity contribution in [2.75, 3.05) is 7.11 Å². The molecule has 0 radical (unpaired) electrons. The summed E-state index contributed by atoms with van der Waals surface area (Å²) in [5, 5.41) is 12.1. The van der Waals surface area contributed by atoms with Gasteiger partial charge in [0.2, 0.25) is 17.5 Å². The van der Waals surface area contributed by atoms with Crippen LogP contribution < -0.4 is 10.1 Å². The molecule has 20 heavy (non-hydrogen) atoms. The molecule has 0 saturated carbocycles. The molecule has 0 aliphatic carbocycles. The van der Waals surface area contributed by atoms with Crippen LogP contribution in [0.4, 0.5) is 0 Å². The van der Waals surface area contributed by atoms with Gasteiger partial charge in [0, 0.05) is 12.5 Å². The van der Waals surface area contributed by atoms with E-state index in [2.05, 4.69) is 5.32 Å². The van der Waals surface area contributed by atoms with Crippen LogP contribution in [-0.2, 0) is 19.9 Å². The van der Waals surface area contributed by atoms with E-state index in [4.69, 9.17) is 9.47 Å². The topological polar surface area (TPSA) is 84.9 Å². The summed E-state index contributed by atoms with van der Waals surface area (Å²) in [6.07, 6.45) is 0. The number of aliphatic hydroxyl groups excluding tert-OH is 1. The summed E-state index contributed by atoms with van der Waals surface area (Å²) in [5.74, 6) is -1.20. The van der Waals surface area contributed by atoms with E-state index in [1.165, 1.54) is 21.0 Å². The Morgan fingerprint density at radius 2 is 1.95 bits per heavy atom. The van der Waals surface area contributed by atoms with Crippen molar-refractivity contribution in [3.05, 3.63) is 41.5 Å². The van der Waals surface area contributed by atoms with Crippen LogP contribution >= 0.6 is 0 Å². The van der Waals surface area contributed by atoms with Gasteiger partial charge in [-0.2, -0.15) is 0 Å². The van der Waals surface area contributed by atoms with Crippen LogP contribution in [0.3, 0.4) is 0 Å². The molecule has 0 bridgehead atoms. The van der Waals surface area contributed by atoms with E-state index in [0.29, 0.717) is 11.3 Å². The van der Waals surface area contributed by atoms with Gasteiger partial charge in [-0.05, 0) is 19.1 Å². The quantitative estimate of drug-likeness (QED) is 0.871. The van der Waals surface area contributed by atoms with E-state index >= 15 is 0 Å². The van der Waals surface area contributed by atoms with Crippen LogP contribution in [0, 0.1) is 0 Å². The minimum Gasteiger partial charge on any atom is -0.501 e. The highest BCUT2D eigenvalue weighted by Crippen LogP contribution is 2.37. The molecule has 6 heteroatoms. The Labute approximate surface area is 116 Å². The van der Waals surface area contributed by atoms with Crippen LogP contribution in [0.2, 0.25) is 0 Å². The third-order valence-corrected chi connectivity index (χ3v) is 3.10. The van der Waals surface area contributed by atoms with Crippen molar-refractivity contribution < 1.29 is 24.2 Å². The van der Waals surface area contributed by atoms with E-state index in [1.54, 1.807) is 24.3 Å². The van der Waals surface area contributed by atoms with Crippen LogP contribution in [0.25, 0.3) is 0 Å². The molecule has 0 spiro atoms. The Balaban J connectivity index is 2.32. The molecular weight excluding hydrogens is 262 g/mol. The van der Waals surface area contributed by atoms with Crippen molar-refractivity contribution in [1.82, 2.24) is 5.32 Å². The number of ketones is 1. The number of carbonyl (C=O) groups is 2. The number of methoxy groups -OCH3 is 1. The van der Waals surface area contributed by atoms with Gasteiger partial charge in [-0.15, -0.1) is 0 Å². The molecule has 2 rings (SSSR count). The maximum Gasteiger partial charge on any atom is 0.250 e. The Morgan fingerprint density at radius 1 is 1.35 bits per heavy atom. The molecule has 1 aliphatic rings. The first-order valence-electron chi connectivity index (χ1n) is 5.97. The summed E-state index contributed by atoms with van der Waals surface area (Å²) in [6, 6.07) is 6.71. The number of aliphatic hydroxyl groups is 1. The van der Waals surface area contributed by atoms with Crippen LogP contribution in [-0.4, -0.2) is 23.9 Å². The number of amides is 1. The molecule has 1 aromatic rings. The predicted molar refractivity (Wildman–Crippen MR) is 69.9 cm³/mol. The number of ether oxygens (including phenoxy) is 2. The Kier molecular flexibility index (Phi) is 3.40. The highest BCUT2D eigenvalue weighted by atomic mass is 16.5. The zero-order valence-corrected chi connectivity index (χ0v) is 11.4. The second kappa shape index (κ2) is 4.88. The summed E-state index contributed by atoms with van der Waals surface area (Å²) in [5.41, 5.74) is -0.816. The maximum absolute atomic E-state index is 12.2. The normalized spacial score (nSPS) is 21.6. The van der Waals surface area contributed by atoms with E-state index in [9.17, 15) is 14.7 Å². The fourth-order valence-electron chi connectivity index (χ4n) is 1.97. The van der Waals surface area contributed by atoms with Crippen molar-refractivity contribution in [2.45, 2.75) is 19.4 Å². The minimum atomic E-state index is -1.37. The van der Waals surface area contributed by atoms with Crippen molar-refractivity contribution in [3.63, 3.8) is 0 Å². The lowest BCUT2D eigenvalue weighted by atomic mass is 9.91. The molecule has 2 N–H and O–H groups in total. The van der Waals surface area contributed by atoms with Crippen molar-refractivity contribution in [1.29, 1.82) is 0 Å². The predicted octanol–water partition coefficient (Wildman–Crippen LogP) is 1.37. The maximum atomic E-state index is 12.2. The summed E-state index contributed by atoms with van der Waals surface area (Å²) in [6.45, 7) is 2.79. The van der Waals surface area contributed by atoms with E-state index in [-0.39, 0.29) is 5.88 Å². The number of nitrogens with one attached hydrogen (secondary N) is 1. The highest BCUT2D eigenvalue weighted by Gasteiger charge is 2.48. The van der Waals surface area contributed by atoms with Gasteiger partial charge in [0.25, 0.3) is 5.78 Å². The standard InChI is InChI=1S/C14H15NO5/c1-8(16)15-13-11(17)12(18)14(2,20-13)9-4-6-10(19-3)7-5-9/h4-7,17H,1-3H3,(H,15,16). The van der Waals surface area contributed by atoms with Gasteiger partial charge in [0.1, 0.15) is 5.75 Å². The minimum absolute atomic E-state index is 0.221. The molecular formula is C14H15NO5. The molecule has 1 aliphatic heterocycles. The van der Waals surface area contributed by atoms with Gasteiger partial charge in [-0.25, -0.2) is 0 Å². The average molecular weight is 277 g/mol. The molecule has 1 aromatic carbocycles.